The molecule has 8 saturated heterocycles. The highest BCUT2D eigenvalue weighted by atomic mass is 32.1. The fourth-order valence-electron chi connectivity index (χ4n) is 20.2. The monoisotopic (exact) mass is 1990 g/mol. The summed E-state index contributed by atoms with van der Waals surface area (Å²) in [5, 5.41) is 66.4. The summed E-state index contributed by atoms with van der Waals surface area (Å²) in [6.45, 7) is 38.0. The summed E-state index contributed by atoms with van der Waals surface area (Å²) < 4.78 is 0. The van der Waals surface area contributed by atoms with Crippen LogP contribution in [-0.4, -0.2) is 247 Å². The average molecular weight is 1990 g/mol. The number of thiazole rings is 4. The largest absolute Gasteiger partial charge is 0.393 e. The lowest BCUT2D eigenvalue weighted by Gasteiger charge is -2.31. The molecule has 32 nitrogen and oxygen atoms in total. The van der Waals surface area contributed by atoms with Crippen LogP contribution in [0, 0.1) is 33.6 Å². The second-order valence-electron chi connectivity index (χ2n) is 42.5. The minimum atomic E-state index is -1.08. The fourth-order valence-corrected chi connectivity index (χ4v) is 24.3. The molecule has 8 aromatic heterocycles. The first kappa shape index (κ1) is 104. The summed E-state index contributed by atoms with van der Waals surface area (Å²) in [4.78, 5) is 155. The van der Waals surface area contributed by atoms with E-state index in [-0.39, 0.29) is 116 Å². The minimum absolute atomic E-state index is 0.0438. The quantitative estimate of drug-likeness (QED) is 0.0192. The zero-order valence-electron chi connectivity index (χ0n) is 84.8. The number of amides is 8. The first-order valence-electron chi connectivity index (χ1n) is 50.7. The third kappa shape index (κ3) is 23.4. The van der Waals surface area contributed by atoms with E-state index in [1.807, 2.05) is 71.6 Å². The van der Waals surface area contributed by atoms with Crippen molar-refractivity contribution in [3.8, 4) is 41.8 Å². The van der Waals surface area contributed by atoms with Crippen LogP contribution in [-0.2, 0) is 0 Å². The number of aryl methyl sites for hydroxylation is 4. The molecule has 8 aromatic rings. The van der Waals surface area contributed by atoms with Gasteiger partial charge in [0.15, 0.2) is 20.0 Å². The van der Waals surface area contributed by atoms with Crippen LogP contribution in [0.5, 0.6) is 0 Å². The van der Waals surface area contributed by atoms with Crippen LogP contribution in [0.1, 0.15) is 362 Å². The van der Waals surface area contributed by atoms with Crippen LogP contribution in [0.25, 0.3) is 41.8 Å². The molecule has 10 fully saturated rings. The first-order chi connectivity index (χ1) is 66.3. The summed E-state index contributed by atoms with van der Waals surface area (Å²) in [6.07, 6.45) is 29.9. The van der Waals surface area contributed by atoms with Gasteiger partial charge in [0.2, 0.25) is 0 Å². The molecule has 140 heavy (non-hydrogen) atoms. The smallest absolute Gasteiger partial charge is 0.280 e. The van der Waals surface area contributed by atoms with E-state index in [0.29, 0.717) is 85.2 Å². The Morgan fingerprint density at radius 2 is 0.579 bits per heavy atom. The Kier molecular flexibility index (Phi) is 32.2. The van der Waals surface area contributed by atoms with Crippen LogP contribution < -0.4 is 42.5 Å². The van der Waals surface area contributed by atoms with Gasteiger partial charge in [-0.2, -0.15) is 0 Å². The fraction of sp³-hybridized carbons (Fsp3) is 0.615. The number of aromatic nitrogens is 8. The van der Waals surface area contributed by atoms with Crippen molar-refractivity contribution >= 4 is 116 Å². The summed E-state index contributed by atoms with van der Waals surface area (Å²) >= 11 is 4.89. The van der Waals surface area contributed by atoms with Crippen LogP contribution in [0.2, 0.25) is 0 Å². The van der Waals surface area contributed by atoms with Gasteiger partial charge in [0.25, 0.3) is 47.3 Å². The van der Waals surface area contributed by atoms with Crippen molar-refractivity contribution in [2.75, 3.05) is 21.3 Å². The van der Waals surface area contributed by atoms with E-state index < -0.39 is 46.7 Å². The van der Waals surface area contributed by atoms with Crippen molar-refractivity contribution in [2.24, 2.45) is 5.92 Å². The molecule has 18 rings (SSSR count). The number of hydrogen-bond donors (Lipinski definition) is 12. The number of aliphatic hydroxyl groups is 4. The van der Waals surface area contributed by atoms with Crippen LogP contribution >= 0.6 is 45.3 Å². The summed E-state index contributed by atoms with van der Waals surface area (Å²) in [5.74, 6) is 2.07. The second-order valence-corrected chi connectivity index (χ2v) is 46.5. The van der Waals surface area contributed by atoms with Crippen molar-refractivity contribution < 1.29 is 58.8 Å². The lowest BCUT2D eigenvalue weighted by atomic mass is 9.89. The molecule has 8 amide bonds. The number of nitrogens with one attached hydrogen (secondary N) is 8. The van der Waals surface area contributed by atoms with Gasteiger partial charge in [0.05, 0.1) is 60.5 Å². The van der Waals surface area contributed by atoms with Crippen molar-refractivity contribution in [3.63, 3.8) is 0 Å². The van der Waals surface area contributed by atoms with Gasteiger partial charge in [0.1, 0.15) is 46.0 Å². The van der Waals surface area contributed by atoms with E-state index in [0.717, 1.165) is 190 Å². The molecule has 0 radical (unpaired) electrons. The number of carbonyl (C=O) groups is 8. The molecule has 10 aliphatic rings. The molecule has 0 aromatic carbocycles. The van der Waals surface area contributed by atoms with E-state index in [1.165, 1.54) is 58.2 Å². The predicted molar refractivity (Wildman–Crippen MR) is 551 cm³/mol. The summed E-state index contributed by atoms with van der Waals surface area (Å²) in [7, 11) is 0. The maximum absolute atomic E-state index is 13.8. The number of pyridine rings is 4. The normalized spacial score (nSPS) is 22.9. The maximum atomic E-state index is 13.8. The molecular formula is C104H144N20O12S4. The molecule has 8 aliphatic heterocycles. The molecule has 0 unspecified atom stereocenters. The Labute approximate surface area is 838 Å². The second kappa shape index (κ2) is 43.2. The minimum Gasteiger partial charge on any atom is -0.393 e. The molecule has 0 spiro atoms. The zero-order valence-corrected chi connectivity index (χ0v) is 88.1. The molecule has 36 heteroatoms. The van der Waals surface area contributed by atoms with Crippen LogP contribution in [0.4, 0.5) is 23.3 Å². The SMILES string of the molecule is CC[C@@H](C)Nc1cc(C)c(-c2sc(C(=O)NC3CC(O)C3)nc2C(=O)N2C3CCC2CC3)cn1.CC[C@@H](C)Nc1cc(C)c(-c2sc(C(=O)N[C@@H](C)C(C)(C)O)nc2C(=O)N2C3CCC2CC3)cn1.CC[C@@H](C)Nc1cc(C)c(-c2sc(C(=O)N[C@H](C)C(C)(C)O)nc2C(=O)N2C3CCC2CC3)cn1.Cc1cc(N[C@H](C)C2CC2)ncc1-c1sc(C(=O)N[C@H](C)C(C)(C)O)nc1C(=O)N1C2CCC1CC2. The Morgan fingerprint density at radius 3 is 0.779 bits per heavy atom. The number of hydrogen-bond acceptors (Lipinski definition) is 28. The number of rotatable bonds is 31. The van der Waals surface area contributed by atoms with Crippen molar-refractivity contribution in [2.45, 2.75) is 406 Å². The molecule has 756 valence electrons. The zero-order chi connectivity index (χ0) is 101. The van der Waals surface area contributed by atoms with E-state index in [1.54, 1.807) is 87.1 Å². The molecule has 8 bridgehead atoms. The maximum Gasteiger partial charge on any atom is 0.280 e. The van der Waals surface area contributed by atoms with Gasteiger partial charge < -0.3 is 82.6 Å². The van der Waals surface area contributed by atoms with Gasteiger partial charge in [-0.25, -0.2) is 39.9 Å². The Balaban J connectivity index is 0.000000141. The van der Waals surface area contributed by atoms with Gasteiger partial charge in [-0.05, 0) is 318 Å². The lowest BCUT2D eigenvalue weighted by Crippen LogP contribution is -2.47. The molecule has 12 N–H and O–H groups in total. The van der Waals surface area contributed by atoms with Gasteiger partial charge in [-0.3, -0.25) is 38.4 Å². The van der Waals surface area contributed by atoms with Gasteiger partial charge in [0, 0.05) is 126 Å². The van der Waals surface area contributed by atoms with E-state index in [9.17, 15) is 58.8 Å². The first-order valence-corrected chi connectivity index (χ1v) is 54.0. The van der Waals surface area contributed by atoms with Gasteiger partial charge in [-0.1, -0.05) is 20.8 Å². The van der Waals surface area contributed by atoms with Crippen LogP contribution in [0.15, 0.2) is 49.1 Å². The number of aliphatic hydroxyl groups excluding tert-OH is 1. The predicted octanol–water partition coefficient (Wildman–Crippen LogP) is 16.9. The van der Waals surface area contributed by atoms with E-state index in [4.69, 9.17) is 0 Å². The van der Waals surface area contributed by atoms with Crippen molar-refractivity contribution in [1.29, 1.82) is 0 Å². The molecule has 7 atom stereocenters. The molecule has 2 saturated carbocycles. The average Bonchev–Trinajstić information content (AvgIpc) is 1.61. The topological polar surface area (TPSA) is 430 Å². The Bertz CT molecular complexity index is 5630. The van der Waals surface area contributed by atoms with Gasteiger partial charge >= 0.3 is 0 Å². The molecule has 2 aliphatic carbocycles. The van der Waals surface area contributed by atoms with E-state index in [2.05, 4.69) is 131 Å². The third-order valence-electron chi connectivity index (χ3n) is 30.7. The Morgan fingerprint density at radius 1 is 0.357 bits per heavy atom. The summed E-state index contributed by atoms with van der Waals surface area (Å²) in [5.41, 5.74) is 5.25. The van der Waals surface area contributed by atoms with Gasteiger partial charge in [-0.15, -0.1) is 45.3 Å². The number of nitrogens with zero attached hydrogens (tertiary/aromatic N) is 12. The third-order valence-corrected chi connectivity index (χ3v) is 35.0. The molecular weight excluding hydrogens is 1850 g/mol. The standard InChI is InChI=1S/C27H37N5O3S.2C26H37N5O3S.C25H33N5O3S/c1-14-12-21(29-15(2)17-6-7-17)28-13-20(14)23-22(26(34)32-18-8-9-19(32)11-10-18)31-25(36-23)24(33)30-16(3)27(4,5)35;2*1-7-15(3)28-20-12-14(2)19(13-27-20)22-21(25(33)31-17-8-9-18(31)11-10-17)30-24(35-22)23(32)29-16(4)26(5,6)34;1-4-14(3)27-20-9-13(2)19(12-26-20)22-21(25(33)30-16-5-6-17(30)8-7-16)29-24(34-22)23(32)28-15-10-18(31)11-15/h12-13,15-19,35H,6-11H2,1-5H3,(H,28,29)(H,30,33);2*12-13,15-18,34H,7-11H2,1-6H3,(H,27,28)(H,29,32);9,12,14-18,31H,4-8,10-11H2,1-3H3,(H,26,27)(H,28,32)/t15-,16-,18?,19?;15-,16+,17?,18?;15-,16-,17?,18?;14-,15?,16?,17?,18?/m1111/s1. The number of carbonyl (C=O) groups excluding carboxylic acids is 8. The number of fused-ring (bicyclic) bond motifs is 8. The highest BCUT2D eigenvalue weighted by Gasteiger charge is 2.50. The summed E-state index contributed by atoms with van der Waals surface area (Å²) in [6, 6.07) is 9.88. The highest BCUT2D eigenvalue weighted by Crippen LogP contribution is 2.48. The highest BCUT2D eigenvalue weighted by molar-refractivity contribution is 7.18. The van der Waals surface area contributed by atoms with Crippen molar-refractivity contribution in [3.05, 3.63) is 114 Å². The lowest BCUT2D eigenvalue weighted by molar-refractivity contribution is 0.0408. The van der Waals surface area contributed by atoms with E-state index >= 15 is 0 Å². The van der Waals surface area contributed by atoms with Crippen LogP contribution in [0.3, 0.4) is 0 Å². The Hall–Kier alpha value is -10.1. The van der Waals surface area contributed by atoms with Crippen molar-refractivity contribution in [1.82, 2.24) is 80.7 Å². The molecule has 16 heterocycles. The number of anilines is 4.